The first-order chi connectivity index (χ1) is 13.9. The predicted octanol–water partition coefficient (Wildman–Crippen LogP) is 2.20. The third-order valence-corrected chi connectivity index (χ3v) is 5.48. The van der Waals surface area contributed by atoms with Crippen molar-refractivity contribution >= 4 is 32.2 Å². The summed E-state index contributed by atoms with van der Waals surface area (Å²) < 4.78 is 32.9. The number of nitrogens with zero attached hydrogens (tertiary/aromatic N) is 4. The lowest BCUT2D eigenvalue weighted by molar-refractivity contribution is 0.303. The molecule has 8 nitrogen and oxygen atoms in total. The summed E-state index contributed by atoms with van der Waals surface area (Å²) in [5, 5.41) is 0. The molecule has 2 heterocycles. The summed E-state index contributed by atoms with van der Waals surface area (Å²) in [7, 11) is -3.53. The highest BCUT2D eigenvalue weighted by Gasteiger charge is 2.17. The van der Waals surface area contributed by atoms with Crippen molar-refractivity contribution in [3.8, 4) is 0 Å². The van der Waals surface area contributed by atoms with Crippen LogP contribution in [0.5, 0.6) is 0 Å². The molecule has 4 aromatic rings. The predicted molar refractivity (Wildman–Crippen MR) is 112 cm³/mol. The van der Waals surface area contributed by atoms with Gasteiger partial charge in [-0.05, 0) is 31.2 Å². The van der Waals surface area contributed by atoms with Gasteiger partial charge >= 0.3 is 5.69 Å². The molecule has 0 unspecified atom stereocenters. The summed E-state index contributed by atoms with van der Waals surface area (Å²) in [6, 6.07) is 15.3. The van der Waals surface area contributed by atoms with Gasteiger partial charge in [0.2, 0.25) is 0 Å². The highest BCUT2D eigenvalue weighted by Crippen LogP contribution is 2.19. The summed E-state index contributed by atoms with van der Waals surface area (Å²) in [4.78, 5) is 17.7. The van der Waals surface area contributed by atoms with Gasteiger partial charge in [-0.1, -0.05) is 24.3 Å². The van der Waals surface area contributed by atoms with Gasteiger partial charge in [0.25, 0.3) is 10.1 Å². The number of benzene rings is 2. The van der Waals surface area contributed by atoms with E-state index in [1.807, 2.05) is 60.0 Å². The minimum atomic E-state index is -3.53. The average molecular weight is 414 g/mol. The molecule has 0 bridgehead atoms. The van der Waals surface area contributed by atoms with Crippen molar-refractivity contribution in [2.45, 2.75) is 26.6 Å². The van der Waals surface area contributed by atoms with Gasteiger partial charge in [0, 0.05) is 13.1 Å². The van der Waals surface area contributed by atoms with E-state index in [0.717, 1.165) is 28.3 Å². The number of aromatic nitrogens is 4. The maximum Gasteiger partial charge on any atom is 0.329 e. The van der Waals surface area contributed by atoms with Crippen LogP contribution in [0.2, 0.25) is 0 Å². The third kappa shape index (κ3) is 3.70. The standard InChI is InChI=1S/C20H22N4O4S/c1-3-22-17-10-6-7-11-18(17)24(20(22)25)14-19-21-15-8-4-5-9-16(15)23(19)12-13-28-29(2,26)27/h4-11H,3,12-14H2,1-2H3. The van der Waals surface area contributed by atoms with Crippen LogP contribution in [0, 0.1) is 0 Å². The largest absolute Gasteiger partial charge is 0.329 e. The van der Waals surface area contributed by atoms with Crippen molar-refractivity contribution in [2.24, 2.45) is 0 Å². The van der Waals surface area contributed by atoms with E-state index in [4.69, 9.17) is 9.17 Å². The van der Waals surface area contributed by atoms with Gasteiger partial charge in [0.15, 0.2) is 0 Å². The number of hydrogen-bond acceptors (Lipinski definition) is 5. The van der Waals surface area contributed by atoms with Crippen LogP contribution in [0.1, 0.15) is 12.7 Å². The Labute approximate surface area is 168 Å². The second-order valence-electron chi connectivity index (χ2n) is 6.80. The van der Waals surface area contributed by atoms with Crippen LogP contribution in [-0.2, 0) is 33.9 Å². The van der Waals surface area contributed by atoms with Gasteiger partial charge in [-0.25, -0.2) is 9.78 Å². The molecular weight excluding hydrogens is 392 g/mol. The van der Waals surface area contributed by atoms with E-state index in [-0.39, 0.29) is 18.8 Å². The number of imidazole rings is 2. The molecule has 0 amide bonds. The lowest BCUT2D eigenvalue weighted by Crippen LogP contribution is -2.25. The Balaban J connectivity index is 1.79. The fraction of sp³-hybridized carbons (Fsp3) is 0.300. The van der Waals surface area contributed by atoms with Crippen LogP contribution in [0.4, 0.5) is 0 Å². The zero-order chi connectivity index (χ0) is 20.6. The molecule has 0 fully saturated rings. The van der Waals surface area contributed by atoms with Gasteiger partial charge in [-0.2, -0.15) is 8.42 Å². The van der Waals surface area contributed by atoms with E-state index < -0.39 is 10.1 Å². The highest BCUT2D eigenvalue weighted by atomic mass is 32.2. The summed E-state index contributed by atoms with van der Waals surface area (Å²) in [5.41, 5.74) is 3.27. The van der Waals surface area contributed by atoms with Crippen LogP contribution in [-0.4, -0.2) is 40.0 Å². The van der Waals surface area contributed by atoms with E-state index in [9.17, 15) is 13.2 Å². The average Bonchev–Trinajstić information content (AvgIpc) is 3.16. The Morgan fingerprint density at radius 2 is 1.55 bits per heavy atom. The van der Waals surface area contributed by atoms with Crippen molar-refractivity contribution in [3.05, 3.63) is 64.8 Å². The molecule has 152 valence electrons. The summed E-state index contributed by atoms with van der Waals surface area (Å²) in [6.07, 6.45) is 1.03. The summed E-state index contributed by atoms with van der Waals surface area (Å²) in [5.74, 6) is 0.671. The van der Waals surface area contributed by atoms with Gasteiger partial charge in [-0.15, -0.1) is 0 Å². The molecule has 0 saturated heterocycles. The Morgan fingerprint density at radius 1 is 0.931 bits per heavy atom. The van der Waals surface area contributed by atoms with Crippen LogP contribution in [0.25, 0.3) is 22.1 Å². The lowest BCUT2D eigenvalue weighted by Gasteiger charge is -2.10. The Kier molecular flexibility index (Phi) is 5.01. The monoisotopic (exact) mass is 414 g/mol. The highest BCUT2D eigenvalue weighted by molar-refractivity contribution is 7.85. The van der Waals surface area contributed by atoms with E-state index in [2.05, 4.69) is 0 Å². The SMILES string of the molecule is CCn1c(=O)n(Cc2nc3ccccc3n2CCOS(C)(=O)=O)c2ccccc21. The molecule has 0 aliphatic heterocycles. The van der Waals surface area contributed by atoms with Gasteiger partial charge < -0.3 is 4.57 Å². The van der Waals surface area contributed by atoms with Gasteiger partial charge in [0.1, 0.15) is 5.82 Å². The van der Waals surface area contributed by atoms with Crippen LogP contribution in [0.15, 0.2) is 53.3 Å². The van der Waals surface area contributed by atoms with Crippen molar-refractivity contribution < 1.29 is 12.6 Å². The maximum atomic E-state index is 13.0. The van der Waals surface area contributed by atoms with Crippen molar-refractivity contribution in [2.75, 3.05) is 12.9 Å². The first-order valence-corrected chi connectivity index (χ1v) is 11.2. The van der Waals surface area contributed by atoms with E-state index in [1.165, 1.54) is 0 Å². The fourth-order valence-electron chi connectivity index (χ4n) is 3.65. The van der Waals surface area contributed by atoms with Gasteiger partial charge in [-0.3, -0.25) is 13.3 Å². The second-order valence-corrected chi connectivity index (χ2v) is 8.44. The second kappa shape index (κ2) is 7.49. The number of hydrogen-bond donors (Lipinski definition) is 0. The Morgan fingerprint density at radius 3 is 2.21 bits per heavy atom. The molecular formula is C20H22N4O4S. The van der Waals surface area contributed by atoms with Crippen LogP contribution in [0.3, 0.4) is 0 Å². The molecule has 0 N–H and O–H groups in total. The molecule has 4 rings (SSSR count). The quantitative estimate of drug-likeness (QED) is 0.433. The first-order valence-electron chi connectivity index (χ1n) is 9.35. The summed E-state index contributed by atoms with van der Waals surface area (Å²) in [6.45, 7) is 3.10. The molecule has 2 aromatic carbocycles. The first kappa shape index (κ1) is 19.4. The maximum absolute atomic E-state index is 13.0. The Hall–Kier alpha value is -2.91. The lowest BCUT2D eigenvalue weighted by atomic mass is 10.3. The number of aryl methyl sites for hydroxylation is 1. The smallest absolute Gasteiger partial charge is 0.324 e. The van der Waals surface area contributed by atoms with Gasteiger partial charge in [0.05, 0.1) is 41.5 Å². The zero-order valence-corrected chi connectivity index (χ0v) is 17.1. The van der Waals surface area contributed by atoms with E-state index in [0.29, 0.717) is 18.9 Å². The van der Waals surface area contributed by atoms with E-state index >= 15 is 0 Å². The minimum Gasteiger partial charge on any atom is -0.324 e. The minimum absolute atomic E-state index is 0.00218. The zero-order valence-electron chi connectivity index (χ0n) is 16.3. The molecule has 0 saturated carbocycles. The number of para-hydroxylation sites is 4. The van der Waals surface area contributed by atoms with Crippen LogP contribution < -0.4 is 5.69 Å². The molecule has 0 aliphatic carbocycles. The number of fused-ring (bicyclic) bond motifs is 2. The van der Waals surface area contributed by atoms with Crippen molar-refractivity contribution in [1.82, 2.24) is 18.7 Å². The molecule has 0 aliphatic rings. The molecule has 0 spiro atoms. The molecule has 0 radical (unpaired) electrons. The molecule has 0 atom stereocenters. The Bertz CT molecular complexity index is 1350. The van der Waals surface area contributed by atoms with Crippen molar-refractivity contribution in [1.29, 1.82) is 0 Å². The van der Waals surface area contributed by atoms with E-state index in [1.54, 1.807) is 9.13 Å². The third-order valence-electron chi connectivity index (χ3n) is 4.89. The van der Waals surface area contributed by atoms with Crippen LogP contribution >= 0.6 is 0 Å². The molecule has 9 heteroatoms. The topological polar surface area (TPSA) is 88.1 Å². The fourth-order valence-corrected chi connectivity index (χ4v) is 4.03. The van der Waals surface area contributed by atoms with Crippen molar-refractivity contribution in [3.63, 3.8) is 0 Å². The molecule has 29 heavy (non-hydrogen) atoms. The normalized spacial score (nSPS) is 12.2. The molecule has 2 aromatic heterocycles. The number of rotatable bonds is 7. The summed E-state index contributed by atoms with van der Waals surface area (Å²) >= 11 is 0.